The highest BCUT2D eigenvalue weighted by Crippen LogP contribution is 1.92. The maximum atomic E-state index is 10.4. The van der Waals surface area contributed by atoms with Gasteiger partial charge in [-0.1, -0.05) is 13.2 Å². The van der Waals surface area contributed by atoms with E-state index in [1.807, 2.05) is 0 Å². The Morgan fingerprint density at radius 1 is 1.56 bits per heavy atom. The summed E-state index contributed by atoms with van der Waals surface area (Å²) in [6, 6.07) is 0. The van der Waals surface area contributed by atoms with Crippen molar-refractivity contribution in [1.82, 2.24) is 0 Å². The Morgan fingerprint density at radius 3 is 2.44 bits per heavy atom. The van der Waals surface area contributed by atoms with Gasteiger partial charge in [-0.2, -0.15) is 8.42 Å². The van der Waals surface area contributed by atoms with Gasteiger partial charge in [0, 0.05) is 0 Å². The molecule has 0 saturated heterocycles. The Labute approximate surface area is 54.1 Å². The van der Waals surface area contributed by atoms with Gasteiger partial charge >= 0.3 is 10.1 Å². The summed E-state index contributed by atoms with van der Waals surface area (Å²) in [6.45, 7) is 6.11. The summed E-state index contributed by atoms with van der Waals surface area (Å²) in [5.41, 5.74) is 2.06. The van der Waals surface area contributed by atoms with Crippen LogP contribution in [-0.2, 0) is 14.3 Å². The van der Waals surface area contributed by atoms with Gasteiger partial charge in [0.2, 0.25) is 0 Å². The molecular weight excluding hydrogens is 140 g/mol. The second kappa shape index (κ2) is 3.12. The summed E-state index contributed by atoms with van der Waals surface area (Å²) < 4.78 is 24.8. The molecule has 0 aliphatic carbocycles. The van der Waals surface area contributed by atoms with E-state index in [-0.39, 0.29) is 0 Å². The van der Waals surface area contributed by atoms with Crippen LogP contribution in [0.5, 0.6) is 0 Å². The summed E-state index contributed by atoms with van der Waals surface area (Å²) in [5.74, 6) is 0. The monoisotopic (exact) mass is 146 g/mol. The van der Waals surface area contributed by atoms with Gasteiger partial charge in [-0.25, -0.2) is 0 Å². The molecule has 0 aromatic heterocycles. The Bertz CT molecular complexity index is 231. The van der Waals surface area contributed by atoms with Crippen LogP contribution in [0.15, 0.2) is 30.6 Å². The molecule has 0 radical (unpaired) electrons. The van der Waals surface area contributed by atoms with Crippen LogP contribution in [0.25, 0.3) is 0 Å². The van der Waals surface area contributed by atoms with Crippen LogP contribution in [0.1, 0.15) is 0 Å². The van der Waals surface area contributed by atoms with Crippen molar-refractivity contribution in [1.29, 1.82) is 0 Å². The molecule has 3 nitrogen and oxygen atoms in total. The number of hydrogen-bond donors (Lipinski definition) is 0. The molecule has 50 valence electrons. The second-order valence-electron chi connectivity index (χ2n) is 1.08. The lowest BCUT2D eigenvalue weighted by atomic mass is 11.0. The van der Waals surface area contributed by atoms with Gasteiger partial charge in [0.15, 0.2) is 0 Å². The predicted octanol–water partition coefficient (Wildman–Crippen LogP) is 0.775. The molecule has 0 saturated carbocycles. The standard InChI is InChI=1S/C5H6O3S/c1-3-5-9(6,7)8-4-2/h4-5H,1-2H2. The molecule has 9 heavy (non-hydrogen) atoms. The van der Waals surface area contributed by atoms with Crippen LogP contribution in [-0.4, -0.2) is 8.42 Å². The van der Waals surface area contributed by atoms with Gasteiger partial charge in [0.1, 0.15) is 5.41 Å². The van der Waals surface area contributed by atoms with Crippen molar-refractivity contribution in [2.75, 3.05) is 0 Å². The van der Waals surface area contributed by atoms with Crippen molar-refractivity contribution in [3.8, 4) is 0 Å². The van der Waals surface area contributed by atoms with Gasteiger partial charge < -0.3 is 4.18 Å². The molecule has 0 aliphatic heterocycles. The maximum Gasteiger partial charge on any atom is 0.339 e. The lowest BCUT2D eigenvalue weighted by Gasteiger charge is -1.90. The lowest BCUT2D eigenvalue weighted by Crippen LogP contribution is -1.93. The zero-order valence-electron chi connectivity index (χ0n) is 4.70. The topological polar surface area (TPSA) is 43.4 Å². The smallest absolute Gasteiger partial charge is 0.339 e. The molecule has 0 amide bonds. The molecule has 0 aromatic rings. The molecule has 0 heterocycles. The highest BCUT2D eigenvalue weighted by molar-refractivity contribution is 7.89. The van der Waals surface area contributed by atoms with Gasteiger partial charge in [0.25, 0.3) is 0 Å². The molecule has 0 N–H and O–H groups in total. The molecule has 0 spiro atoms. The second-order valence-corrected chi connectivity index (χ2v) is 2.49. The SMILES string of the molecule is C=C=CS(=O)(=O)OC=C. The zero-order chi connectivity index (χ0) is 7.33. The van der Waals surface area contributed by atoms with Crippen LogP contribution in [0.2, 0.25) is 0 Å². The third-order valence-electron chi connectivity index (χ3n) is 0.430. The van der Waals surface area contributed by atoms with Crippen molar-refractivity contribution >= 4 is 10.1 Å². The highest BCUT2D eigenvalue weighted by atomic mass is 32.2. The summed E-state index contributed by atoms with van der Waals surface area (Å²) in [4.78, 5) is 0. The van der Waals surface area contributed by atoms with Crippen LogP contribution in [0.3, 0.4) is 0 Å². The summed E-state index contributed by atoms with van der Waals surface area (Å²) in [5, 5.41) is 0.717. The predicted molar refractivity (Wildman–Crippen MR) is 33.9 cm³/mol. The minimum absolute atomic E-state index is 0.717. The molecule has 0 atom stereocenters. The first-order valence-electron chi connectivity index (χ1n) is 2.02. The minimum atomic E-state index is -3.60. The quantitative estimate of drug-likeness (QED) is 0.335. The fraction of sp³-hybridized carbons (Fsp3) is 0. The third-order valence-corrected chi connectivity index (χ3v) is 1.29. The minimum Gasteiger partial charge on any atom is -0.388 e. The average Bonchev–Trinajstić information content (AvgIpc) is 1.64. The molecule has 0 unspecified atom stereocenters. The van der Waals surface area contributed by atoms with Crippen molar-refractivity contribution in [3.63, 3.8) is 0 Å². The molecule has 0 fully saturated rings. The van der Waals surface area contributed by atoms with E-state index in [1.54, 1.807) is 0 Å². The van der Waals surface area contributed by atoms with E-state index in [0.29, 0.717) is 5.41 Å². The van der Waals surface area contributed by atoms with Crippen molar-refractivity contribution in [3.05, 3.63) is 30.6 Å². The average molecular weight is 146 g/mol. The first kappa shape index (κ1) is 8.01. The van der Waals surface area contributed by atoms with E-state index in [1.165, 1.54) is 0 Å². The molecule has 0 rings (SSSR count). The molecule has 0 aliphatic rings. The van der Waals surface area contributed by atoms with Crippen molar-refractivity contribution < 1.29 is 12.6 Å². The highest BCUT2D eigenvalue weighted by Gasteiger charge is 1.99. The van der Waals surface area contributed by atoms with E-state index in [2.05, 4.69) is 23.1 Å². The van der Waals surface area contributed by atoms with E-state index >= 15 is 0 Å². The van der Waals surface area contributed by atoms with Gasteiger partial charge in [-0.15, -0.1) is 5.73 Å². The van der Waals surface area contributed by atoms with Crippen molar-refractivity contribution in [2.45, 2.75) is 0 Å². The molecule has 0 aromatic carbocycles. The van der Waals surface area contributed by atoms with E-state index in [0.717, 1.165) is 6.26 Å². The van der Waals surface area contributed by atoms with E-state index < -0.39 is 10.1 Å². The number of hydrogen-bond acceptors (Lipinski definition) is 3. The van der Waals surface area contributed by atoms with Gasteiger partial charge in [0.05, 0.1) is 6.26 Å². The Hall–Kier alpha value is -0.990. The largest absolute Gasteiger partial charge is 0.388 e. The number of rotatable bonds is 3. The lowest BCUT2D eigenvalue weighted by molar-refractivity contribution is 0.454. The maximum absolute atomic E-state index is 10.4. The van der Waals surface area contributed by atoms with Crippen molar-refractivity contribution in [2.24, 2.45) is 0 Å². The van der Waals surface area contributed by atoms with Crippen LogP contribution >= 0.6 is 0 Å². The van der Waals surface area contributed by atoms with Crippen LogP contribution < -0.4 is 0 Å². The fourth-order valence-corrected chi connectivity index (χ4v) is 0.674. The summed E-state index contributed by atoms with van der Waals surface area (Å²) in [7, 11) is -3.60. The summed E-state index contributed by atoms with van der Waals surface area (Å²) >= 11 is 0. The van der Waals surface area contributed by atoms with Crippen LogP contribution in [0, 0.1) is 0 Å². The molecule has 4 heteroatoms. The zero-order valence-corrected chi connectivity index (χ0v) is 5.52. The van der Waals surface area contributed by atoms with E-state index in [4.69, 9.17) is 0 Å². The van der Waals surface area contributed by atoms with Gasteiger partial charge in [-0.05, 0) is 0 Å². The Morgan fingerprint density at radius 2 is 2.11 bits per heavy atom. The Balaban J connectivity index is 4.40. The first-order chi connectivity index (χ1) is 4.12. The summed E-state index contributed by atoms with van der Waals surface area (Å²) in [6.07, 6.45) is 0.823. The van der Waals surface area contributed by atoms with Gasteiger partial charge in [-0.3, -0.25) is 0 Å². The third kappa shape index (κ3) is 3.58. The van der Waals surface area contributed by atoms with E-state index in [9.17, 15) is 8.42 Å². The normalized spacial score (nSPS) is 9.33. The molecule has 0 bridgehead atoms. The Kier molecular flexibility index (Phi) is 2.78. The fourth-order valence-electron chi connectivity index (χ4n) is 0.225. The first-order valence-corrected chi connectivity index (χ1v) is 3.49. The molecular formula is C5H6O3S. The van der Waals surface area contributed by atoms with Crippen LogP contribution in [0.4, 0.5) is 0 Å².